The van der Waals surface area contributed by atoms with Crippen LogP contribution in [0.5, 0.6) is 0 Å². The van der Waals surface area contributed by atoms with Crippen LogP contribution in [0.4, 0.5) is 0 Å². The molecule has 0 bridgehead atoms. The molecule has 0 amide bonds. The molecule has 0 radical (unpaired) electrons. The summed E-state index contributed by atoms with van der Waals surface area (Å²) in [6, 6.07) is 0. The smallest absolute Gasteiger partial charge is 0.0704 e. The zero-order valence-corrected chi connectivity index (χ0v) is 8.76. The van der Waals surface area contributed by atoms with E-state index in [-0.39, 0.29) is 0 Å². The standard InChI is InChI=1S/C9H17ClO3/c1-11-6-7-13-9-8-12-5-3-2-4-10/h2-3H,4-9H2,1H3/b3-2+. The van der Waals surface area contributed by atoms with E-state index in [4.69, 9.17) is 25.8 Å². The second-order valence-corrected chi connectivity index (χ2v) is 2.61. The molecule has 0 unspecified atom stereocenters. The highest BCUT2D eigenvalue weighted by Gasteiger charge is 1.87. The molecule has 0 aliphatic carbocycles. The Labute approximate surface area is 84.6 Å². The Morgan fingerprint density at radius 3 is 2.38 bits per heavy atom. The molecule has 0 N–H and O–H groups in total. The summed E-state index contributed by atoms with van der Waals surface area (Å²) >= 11 is 5.42. The zero-order chi connectivity index (χ0) is 9.78. The van der Waals surface area contributed by atoms with Crippen molar-refractivity contribution >= 4 is 11.6 Å². The number of alkyl halides is 1. The minimum atomic E-state index is 0.535. The van der Waals surface area contributed by atoms with Gasteiger partial charge in [0, 0.05) is 13.0 Å². The molecule has 3 nitrogen and oxygen atoms in total. The first-order chi connectivity index (χ1) is 6.41. The maximum Gasteiger partial charge on any atom is 0.0704 e. The lowest BCUT2D eigenvalue weighted by atomic mass is 10.5. The Morgan fingerprint density at radius 1 is 1.00 bits per heavy atom. The van der Waals surface area contributed by atoms with Crippen LogP contribution >= 0.6 is 11.6 Å². The Bertz CT molecular complexity index is 117. The average Bonchev–Trinajstić information content (AvgIpc) is 2.16. The highest BCUT2D eigenvalue weighted by Crippen LogP contribution is 1.82. The highest BCUT2D eigenvalue weighted by molar-refractivity contribution is 6.18. The molecule has 4 heteroatoms. The van der Waals surface area contributed by atoms with Gasteiger partial charge >= 0.3 is 0 Å². The molecule has 0 rings (SSSR count). The van der Waals surface area contributed by atoms with Gasteiger partial charge in [-0.15, -0.1) is 11.6 Å². The predicted octanol–water partition coefficient (Wildman–Crippen LogP) is 1.46. The Hall–Kier alpha value is -0.0900. The Kier molecular flexibility index (Phi) is 11.8. The van der Waals surface area contributed by atoms with E-state index < -0.39 is 0 Å². The third kappa shape index (κ3) is 11.9. The van der Waals surface area contributed by atoms with Gasteiger partial charge in [-0.25, -0.2) is 0 Å². The van der Waals surface area contributed by atoms with Crippen molar-refractivity contribution in [3.05, 3.63) is 12.2 Å². The second-order valence-electron chi connectivity index (χ2n) is 2.31. The Balaban J connectivity index is 2.87. The number of ether oxygens (including phenoxy) is 3. The van der Waals surface area contributed by atoms with Crippen molar-refractivity contribution in [2.24, 2.45) is 0 Å². The Morgan fingerprint density at radius 2 is 1.69 bits per heavy atom. The van der Waals surface area contributed by atoms with Crippen LogP contribution in [0.3, 0.4) is 0 Å². The number of hydrogen-bond donors (Lipinski definition) is 0. The van der Waals surface area contributed by atoms with E-state index in [1.54, 1.807) is 7.11 Å². The van der Waals surface area contributed by atoms with Crippen molar-refractivity contribution in [1.29, 1.82) is 0 Å². The van der Waals surface area contributed by atoms with Gasteiger partial charge in [-0.1, -0.05) is 12.2 Å². The monoisotopic (exact) mass is 208 g/mol. The lowest BCUT2D eigenvalue weighted by molar-refractivity contribution is 0.0314. The van der Waals surface area contributed by atoms with Crippen LogP contribution in [-0.2, 0) is 14.2 Å². The van der Waals surface area contributed by atoms with E-state index in [1.165, 1.54) is 0 Å². The maximum absolute atomic E-state index is 5.42. The van der Waals surface area contributed by atoms with Gasteiger partial charge in [-0.05, 0) is 0 Å². The van der Waals surface area contributed by atoms with Gasteiger partial charge in [-0.3, -0.25) is 0 Å². The third-order valence-corrected chi connectivity index (χ3v) is 1.45. The first-order valence-electron chi connectivity index (χ1n) is 4.27. The minimum Gasteiger partial charge on any atom is -0.382 e. The molecule has 0 aromatic rings. The fourth-order valence-electron chi connectivity index (χ4n) is 0.645. The lowest BCUT2D eigenvalue weighted by Gasteiger charge is -2.02. The van der Waals surface area contributed by atoms with Crippen LogP contribution in [-0.4, -0.2) is 46.0 Å². The molecule has 0 fully saturated rings. The molecule has 0 aliphatic heterocycles. The molecular weight excluding hydrogens is 192 g/mol. The quantitative estimate of drug-likeness (QED) is 0.326. The van der Waals surface area contributed by atoms with Gasteiger partial charge in [0.05, 0.1) is 33.0 Å². The van der Waals surface area contributed by atoms with Crippen molar-refractivity contribution in [2.75, 3.05) is 46.0 Å². The summed E-state index contributed by atoms with van der Waals surface area (Å²) in [6.07, 6.45) is 3.75. The summed E-state index contributed by atoms with van der Waals surface area (Å²) in [5.74, 6) is 0.535. The maximum atomic E-state index is 5.42. The molecule has 0 aliphatic rings. The molecule has 0 saturated carbocycles. The summed E-state index contributed by atoms with van der Waals surface area (Å²) in [6.45, 7) is 3.07. The molecule has 0 aromatic carbocycles. The summed E-state index contributed by atoms with van der Waals surface area (Å²) < 4.78 is 15.2. The average molecular weight is 209 g/mol. The van der Waals surface area contributed by atoms with Crippen LogP contribution in [0.2, 0.25) is 0 Å². The first kappa shape index (κ1) is 12.9. The molecule has 0 atom stereocenters. The van der Waals surface area contributed by atoms with Crippen molar-refractivity contribution in [3.63, 3.8) is 0 Å². The van der Waals surface area contributed by atoms with Crippen molar-refractivity contribution in [3.8, 4) is 0 Å². The van der Waals surface area contributed by atoms with Crippen LogP contribution in [0.15, 0.2) is 12.2 Å². The summed E-state index contributed by atoms with van der Waals surface area (Å²) in [5.41, 5.74) is 0. The van der Waals surface area contributed by atoms with Crippen molar-refractivity contribution < 1.29 is 14.2 Å². The van der Waals surface area contributed by atoms with Crippen LogP contribution < -0.4 is 0 Å². The number of methoxy groups -OCH3 is 1. The topological polar surface area (TPSA) is 27.7 Å². The SMILES string of the molecule is COCCOCCOC/C=C/CCl. The van der Waals surface area contributed by atoms with Gasteiger partial charge in [0.15, 0.2) is 0 Å². The number of hydrogen-bond acceptors (Lipinski definition) is 3. The lowest BCUT2D eigenvalue weighted by Crippen LogP contribution is -2.08. The fourth-order valence-corrected chi connectivity index (χ4v) is 0.771. The van der Waals surface area contributed by atoms with Gasteiger partial charge in [-0.2, -0.15) is 0 Å². The molecule has 0 spiro atoms. The normalized spacial score (nSPS) is 11.2. The van der Waals surface area contributed by atoms with E-state index in [0.717, 1.165) is 0 Å². The van der Waals surface area contributed by atoms with Crippen molar-refractivity contribution in [1.82, 2.24) is 0 Å². The van der Waals surface area contributed by atoms with Gasteiger partial charge in [0.1, 0.15) is 0 Å². The van der Waals surface area contributed by atoms with Gasteiger partial charge < -0.3 is 14.2 Å². The van der Waals surface area contributed by atoms with E-state index in [1.807, 2.05) is 12.2 Å². The molecule has 0 aromatic heterocycles. The van der Waals surface area contributed by atoms with E-state index in [0.29, 0.717) is 38.9 Å². The van der Waals surface area contributed by atoms with Crippen LogP contribution in [0.25, 0.3) is 0 Å². The van der Waals surface area contributed by atoms with Crippen LogP contribution in [0.1, 0.15) is 0 Å². The molecule has 0 heterocycles. The fraction of sp³-hybridized carbons (Fsp3) is 0.778. The van der Waals surface area contributed by atoms with Crippen LogP contribution in [0, 0.1) is 0 Å². The van der Waals surface area contributed by atoms with Crippen molar-refractivity contribution in [2.45, 2.75) is 0 Å². The molecular formula is C9H17ClO3. The summed E-state index contributed by atoms with van der Waals surface area (Å²) in [7, 11) is 1.65. The predicted molar refractivity (Wildman–Crippen MR) is 53.4 cm³/mol. The molecule has 78 valence electrons. The van der Waals surface area contributed by atoms with E-state index in [2.05, 4.69) is 0 Å². The molecule has 13 heavy (non-hydrogen) atoms. The third-order valence-electron chi connectivity index (χ3n) is 1.27. The minimum absolute atomic E-state index is 0.535. The molecule has 0 saturated heterocycles. The van der Waals surface area contributed by atoms with Gasteiger partial charge in [0.2, 0.25) is 0 Å². The number of allylic oxidation sites excluding steroid dienone is 1. The first-order valence-corrected chi connectivity index (χ1v) is 4.80. The highest BCUT2D eigenvalue weighted by atomic mass is 35.5. The zero-order valence-electron chi connectivity index (χ0n) is 8.00. The number of halogens is 1. The summed E-state index contributed by atoms with van der Waals surface area (Å²) in [5, 5.41) is 0. The second kappa shape index (κ2) is 11.9. The largest absolute Gasteiger partial charge is 0.382 e. The van der Waals surface area contributed by atoms with E-state index in [9.17, 15) is 0 Å². The van der Waals surface area contributed by atoms with Gasteiger partial charge in [0.25, 0.3) is 0 Å². The van der Waals surface area contributed by atoms with E-state index >= 15 is 0 Å². The summed E-state index contributed by atoms with van der Waals surface area (Å²) in [4.78, 5) is 0. The number of rotatable bonds is 9.